The number of ether oxygens (including phenoxy) is 2. The number of aromatic nitrogens is 1. The zero-order valence-electron chi connectivity index (χ0n) is 6.71. The van der Waals surface area contributed by atoms with Crippen molar-refractivity contribution in [2.45, 2.75) is 0 Å². The highest BCUT2D eigenvalue weighted by Crippen LogP contribution is 2.16. The number of pyridine rings is 1. The lowest BCUT2D eigenvalue weighted by Gasteiger charge is -2.01. The van der Waals surface area contributed by atoms with E-state index in [4.69, 9.17) is 10.2 Å². The zero-order chi connectivity index (χ0) is 10.6. The predicted molar refractivity (Wildman–Crippen MR) is 41.5 cm³/mol. The molecule has 0 saturated heterocycles. The average molecular weight is 199 g/mol. The quantitative estimate of drug-likeness (QED) is 0.689. The van der Waals surface area contributed by atoms with Crippen molar-refractivity contribution in [2.24, 2.45) is 0 Å². The van der Waals surface area contributed by atoms with E-state index in [1.165, 1.54) is 6.07 Å². The summed E-state index contributed by atoms with van der Waals surface area (Å²) in [5, 5.41) is 16.5. The Bertz CT molecular complexity index is 332. The summed E-state index contributed by atoms with van der Waals surface area (Å²) in [6.45, 7) is 0. The van der Waals surface area contributed by atoms with E-state index in [9.17, 15) is 9.59 Å². The molecule has 1 aromatic heterocycles. The lowest BCUT2D eigenvalue weighted by molar-refractivity contribution is 0.141. The minimum absolute atomic E-state index is 0.0660. The molecule has 0 aliphatic carbocycles. The van der Waals surface area contributed by atoms with Gasteiger partial charge in [-0.25, -0.2) is 14.6 Å². The molecule has 0 aromatic carbocycles. The molecule has 0 aliphatic rings. The third-order valence-electron chi connectivity index (χ3n) is 1.10. The van der Waals surface area contributed by atoms with Crippen LogP contribution in [0.5, 0.6) is 11.6 Å². The summed E-state index contributed by atoms with van der Waals surface area (Å²) >= 11 is 0. The molecule has 7 nitrogen and oxygen atoms in total. The van der Waals surface area contributed by atoms with Gasteiger partial charge in [-0.2, -0.15) is 0 Å². The highest BCUT2D eigenvalue weighted by atomic mass is 16.7. The van der Waals surface area contributed by atoms with Crippen molar-refractivity contribution < 1.29 is 29.3 Å². The van der Waals surface area contributed by atoms with Crippen LogP contribution in [-0.2, 0) is 0 Å². The summed E-state index contributed by atoms with van der Waals surface area (Å²) in [6, 6.07) is 2.30. The van der Waals surface area contributed by atoms with E-state index in [1.807, 2.05) is 0 Å². The second-order valence-corrected chi connectivity index (χ2v) is 2.07. The highest BCUT2D eigenvalue weighted by Gasteiger charge is 2.06. The molecule has 0 bridgehead atoms. The summed E-state index contributed by atoms with van der Waals surface area (Å²) < 4.78 is 8.41. The van der Waals surface area contributed by atoms with Gasteiger partial charge in [0.15, 0.2) is 0 Å². The smallest absolute Gasteiger partial charge is 0.449 e. The molecule has 0 aliphatic heterocycles. The summed E-state index contributed by atoms with van der Waals surface area (Å²) in [5.41, 5.74) is 0. The number of nitrogens with zero attached hydrogens (tertiary/aromatic N) is 1. The predicted octanol–water partition coefficient (Wildman–Crippen LogP) is 1.20. The fraction of sp³-hybridized carbons (Fsp3) is 0. The van der Waals surface area contributed by atoms with Crippen LogP contribution in [0, 0.1) is 0 Å². The summed E-state index contributed by atoms with van der Waals surface area (Å²) in [4.78, 5) is 23.7. The van der Waals surface area contributed by atoms with Gasteiger partial charge in [-0.3, -0.25) is 0 Å². The van der Waals surface area contributed by atoms with E-state index >= 15 is 0 Å². The Morgan fingerprint density at radius 2 is 1.86 bits per heavy atom. The zero-order valence-corrected chi connectivity index (χ0v) is 6.71. The molecule has 2 N–H and O–H groups in total. The standard InChI is InChI=1S/C7H5NO6/c9-6(10)13-4-1-2-8-5(3-4)14-7(11)12/h1-3H,(H,9,10)(H,11,12). The first-order chi connectivity index (χ1) is 6.58. The lowest BCUT2D eigenvalue weighted by atomic mass is 10.4. The molecule has 0 saturated carbocycles. The third kappa shape index (κ3) is 2.97. The first-order valence-electron chi connectivity index (χ1n) is 3.35. The molecule has 0 spiro atoms. The maximum atomic E-state index is 10.1. The van der Waals surface area contributed by atoms with Crippen LogP contribution in [0.4, 0.5) is 9.59 Å². The molecule has 0 atom stereocenters. The Morgan fingerprint density at radius 1 is 1.21 bits per heavy atom. The monoisotopic (exact) mass is 199 g/mol. The van der Waals surface area contributed by atoms with Crippen LogP contribution < -0.4 is 9.47 Å². The van der Waals surface area contributed by atoms with Crippen LogP contribution in [0.1, 0.15) is 0 Å². The van der Waals surface area contributed by atoms with Gasteiger partial charge in [0.1, 0.15) is 5.75 Å². The van der Waals surface area contributed by atoms with E-state index in [-0.39, 0.29) is 11.6 Å². The summed E-state index contributed by atoms with van der Waals surface area (Å²) in [5.74, 6) is -0.319. The number of hydrogen-bond donors (Lipinski definition) is 2. The number of hydrogen-bond acceptors (Lipinski definition) is 5. The maximum Gasteiger partial charge on any atom is 0.512 e. The minimum Gasteiger partial charge on any atom is -0.449 e. The topological polar surface area (TPSA) is 106 Å². The van der Waals surface area contributed by atoms with Gasteiger partial charge in [-0.05, 0) is 6.07 Å². The first-order valence-corrected chi connectivity index (χ1v) is 3.35. The second-order valence-electron chi connectivity index (χ2n) is 2.07. The molecule has 0 unspecified atom stereocenters. The van der Waals surface area contributed by atoms with Crippen molar-refractivity contribution in [3.8, 4) is 11.6 Å². The Hall–Kier alpha value is -2.31. The van der Waals surface area contributed by atoms with Crippen LogP contribution in [0.2, 0.25) is 0 Å². The molecule has 1 heterocycles. The van der Waals surface area contributed by atoms with Gasteiger partial charge in [0.25, 0.3) is 0 Å². The van der Waals surface area contributed by atoms with Crippen molar-refractivity contribution in [1.29, 1.82) is 0 Å². The summed E-state index contributed by atoms with van der Waals surface area (Å²) in [6.07, 6.45) is -1.88. The van der Waals surface area contributed by atoms with E-state index in [1.54, 1.807) is 0 Å². The van der Waals surface area contributed by atoms with Crippen LogP contribution in [0.3, 0.4) is 0 Å². The molecule has 0 radical (unpaired) electrons. The van der Waals surface area contributed by atoms with Crippen molar-refractivity contribution >= 4 is 12.3 Å². The van der Waals surface area contributed by atoms with Crippen LogP contribution in [-0.4, -0.2) is 27.5 Å². The van der Waals surface area contributed by atoms with Gasteiger partial charge in [0.05, 0.1) is 0 Å². The SMILES string of the molecule is O=C(O)Oc1ccnc(OC(=O)O)c1. The lowest BCUT2D eigenvalue weighted by Crippen LogP contribution is -2.06. The van der Waals surface area contributed by atoms with E-state index < -0.39 is 12.3 Å². The van der Waals surface area contributed by atoms with Gasteiger partial charge in [-0.1, -0.05) is 0 Å². The molecule has 0 fully saturated rings. The second kappa shape index (κ2) is 4.08. The van der Waals surface area contributed by atoms with Crippen LogP contribution >= 0.6 is 0 Å². The van der Waals surface area contributed by atoms with Gasteiger partial charge in [0.2, 0.25) is 5.88 Å². The number of carboxylic acid groups (broad SMARTS) is 2. The Balaban J connectivity index is 2.78. The molecule has 0 amide bonds. The molecule has 14 heavy (non-hydrogen) atoms. The normalized spacial score (nSPS) is 9.14. The first kappa shape index (κ1) is 9.78. The van der Waals surface area contributed by atoms with Crippen molar-refractivity contribution in [3.63, 3.8) is 0 Å². The molecular formula is C7H5NO6. The molecule has 1 rings (SSSR count). The van der Waals surface area contributed by atoms with E-state index in [2.05, 4.69) is 14.5 Å². The Labute approximate surface area is 77.5 Å². The third-order valence-corrected chi connectivity index (χ3v) is 1.10. The number of carbonyl (C=O) groups is 2. The van der Waals surface area contributed by atoms with Crippen LogP contribution in [0.15, 0.2) is 18.3 Å². The fourth-order valence-electron chi connectivity index (χ4n) is 0.701. The number of rotatable bonds is 2. The van der Waals surface area contributed by atoms with Crippen molar-refractivity contribution in [1.82, 2.24) is 4.98 Å². The minimum atomic E-state index is -1.54. The van der Waals surface area contributed by atoms with Gasteiger partial charge < -0.3 is 19.7 Å². The fourth-order valence-corrected chi connectivity index (χ4v) is 0.701. The van der Waals surface area contributed by atoms with Gasteiger partial charge in [-0.15, -0.1) is 0 Å². The molecule has 7 heteroatoms. The molecule has 74 valence electrons. The molecular weight excluding hydrogens is 194 g/mol. The maximum absolute atomic E-state index is 10.1. The summed E-state index contributed by atoms with van der Waals surface area (Å²) in [7, 11) is 0. The van der Waals surface area contributed by atoms with Crippen molar-refractivity contribution in [2.75, 3.05) is 0 Å². The van der Waals surface area contributed by atoms with Crippen molar-refractivity contribution in [3.05, 3.63) is 18.3 Å². The Kier molecular flexibility index (Phi) is 2.85. The highest BCUT2D eigenvalue weighted by molar-refractivity contribution is 5.62. The van der Waals surface area contributed by atoms with Crippen LogP contribution in [0.25, 0.3) is 0 Å². The average Bonchev–Trinajstić information content (AvgIpc) is 2.01. The van der Waals surface area contributed by atoms with E-state index in [0.717, 1.165) is 12.3 Å². The Morgan fingerprint density at radius 3 is 2.43 bits per heavy atom. The van der Waals surface area contributed by atoms with Gasteiger partial charge >= 0.3 is 12.3 Å². The molecule has 1 aromatic rings. The van der Waals surface area contributed by atoms with Gasteiger partial charge in [0, 0.05) is 12.3 Å². The van der Waals surface area contributed by atoms with E-state index in [0.29, 0.717) is 0 Å². The largest absolute Gasteiger partial charge is 0.512 e.